The molecule has 0 radical (unpaired) electrons. The molecule has 0 spiro atoms. The van der Waals surface area contributed by atoms with E-state index < -0.39 is 5.92 Å². The van der Waals surface area contributed by atoms with Gasteiger partial charge in [-0.2, -0.15) is 0 Å². The molecule has 1 atom stereocenters. The van der Waals surface area contributed by atoms with Gasteiger partial charge in [-0.3, -0.25) is 4.90 Å². The van der Waals surface area contributed by atoms with Crippen LogP contribution in [0.1, 0.15) is 53.9 Å². The Bertz CT molecular complexity index is 231. The number of likely N-dealkylation sites (tertiary alicyclic amines) is 1. The minimum atomic E-state index is -2.47. The molecule has 0 aromatic heterocycles. The van der Waals surface area contributed by atoms with Gasteiger partial charge >= 0.3 is 0 Å². The van der Waals surface area contributed by atoms with E-state index in [1.807, 2.05) is 0 Å². The normalized spacial score (nSPS) is 28.1. The number of hydrogen-bond donors (Lipinski definition) is 0. The summed E-state index contributed by atoms with van der Waals surface area (Å²) < 4.78 is 26.9. The maximum Gasteiger partial charge on any atom is 0.249 e. The van der Waals surface area contributed by atoms with E-state index in [1.165, 1.54) is 0 Å². The molecule has 1 aliphatic rings. The van der Waals surface area contributed by atoms with Crippen LogP contribution >= 0.6 is 0 Å². The second-order valence-electron chi connectivity index (χ2n) is 6.36. The summed E-state index contributed by atoms with van der Waals surface area (Å²) in [7, 11) is 0. The number of rotatable bonds is 1. The van der Waals surface area contributed by atoms with Crippen LogP contribution in [0.25, 0.3) is 0 Å². The molecule has 0 aromatic carbocycles. The second kappa shape index (κ2) is 4.59. The fourth-order valence-corrected chi connectivity index (χ4v) is 2.64. The van der Waals surface area contributed by atoms with Gasteiger partial charge in [0.1, 0.15) is 0 Å². The predicted molar refractivity (Wildman–Crippen MR) is 63.9 cm³/mol. The van der Waals surface area contributed by atoms with E-state index >= 15 is 0 Å². The van der Waals surface area contributed by atoms with E-state index in [0.717, 1.165) is 0 Å². The number of halogens is 2. The lowest BCUT2D eigenvalue weighted by Crippen LogP contribution is -2.47. The zero-order chi connectivity index (χ0) is 12.6. The standard InChI is InChI=1S/C13H25F2N/c1-10(2)16-9-8-13(14,15)7-6-11(16)12(3,4)5/h10-11H,6-9H2,1-5H3. The quantitative estimate of drug-likeness (QED) is 0.663. The molecule has 3 heteroatoms. The van der Waals surface area contributed by atoms with Crippen molar-refractivity contribution in [3.63, 3.8) is 0 Å². The smallest absolute Gasteiger partial charge is 0.249 e. The van der Waals surface area contributed by atoms with E-state index in [4.69, 9.17) is 0 Å². The Labute approximate surface area is 98.2 Å². The Morgan fingerprint density at radius 3 is 2.19 bits per heavy atom. The van der Waals surface area contributed by atoms with Gasteiger partial charge in [0.2, 0.25) is 5.92 Å². The highest BCUT2D eigenvalue weighted by atomic mass is 19.3. The lowest BCUT2D eigenvalue weighted by Gasteiger charge is -2.41. The van der Waals surface area contributed by atoms with Crippen LogP contribution in [-0.2, 0) is 0 Å². The molecule has 0 amide bonds. The van der Waals surface area contributed by atoms with Crippen LogP contribution in [-0.4, -0.2) is 29.5 Å². The molecule has 96 valence electrons. The van der Waals surface area contributed by atoms with Gasteiger partial charge in [-0.15, -0.1) is 0 Å². The first-order chi connectivity index (χ1) is 7.13. The van der Waals surface area contributed by atoms with Crippen LogP contribution in [0.15, 0.2) is 0 Å². The summed E-state index contributed by atoms with van der Waals surface area (Å²) in [6.45, 7) is 11.2. The van der Waals surface area contributed by atoms with Crippen LogP contribution in [0.2, 0.25) is 0 Å². The average Bonchev–Trinajstić information content (AvgIpc) is 2.22. The van der Waals surface area contributed by atoms with Crippen LogP contribution < -0.4 is 0 Å². The summed E-state index contributed by atoms with van der Waals surface area (Å²) in [6, 6.07) is 0.610. The highest BCUT2D eigenvalue weighted by Gasteiger charge is 2.40. The molecule has 1 rings (SSSR count). The van der Waals surface area contributed by atoms with Crippen molar-refractivity contribution in [1.82, 2.24) is 4.90 Å². The van der Waals surface area contributed by atoms with Crippen molar-refractivity contribution in [3.05, 3.63) is 0 Å². The first-order valence-corrected chi connectivity index (χ1v) is 6.27. The lowest BCUT2D eigenvalue weighted by molar-refractivity contribution is -0.0136. The van der Waals surface area contributed by atoms with Gasteiger partial charge < -0.3 is 0 Å². The summed E-state index contributed by atoms with van der Waals surface area (Å²) in [5.74, 6) is -2.47. The molecule has 1 heterocycles. The van der Waals surface area contributed by atoms with Crippen molar-refractivity contribution in [3.8, 4) is 0 Å². The molecule has 0 N–H and O–H groups in total. The van der Waals surface area contributed by atoms with Gasteiger partial charge in [0.15, 0.2) is 0 Å². The van der Waals surface area contributed by atoms with Crippen LogP contribution in [0, 0.1) is 5.41 Å². The minimum absolute atomic E-state index is 0.0117. The van der Waals surface area contributed by atoms with Gasteiger partial charge in [-0.05, 0) is 25.7 Å². The van der Waals surface area contributed by atoms with Crippen molar-refractivity contribution >= 4 is 0 Å². The first-order valence-electron chi connectivity index (χ1n) is 6.27. The fraction of sp³-hybridized carbons (Fsp3) is 1.00. The summed E-state index contributed by atoms with van der Waals surface area (Å²) in [6.07, 6.45) is 0.657. The van der Waals surface area contributed by atoms with Gasteiger partial charge in [0, 0.05) is 31.5 Å². The highest BCUT2D eigenvalue weighted by Crippen LogP contribution is 2.37. The van der Waals surface area contributed by atoms with Crippen LogP contribution in [0.5, 0.6) is 0 Å². The van der Waals surface area contributed by atoms with E-state index in [2.05, 4.69) is 39.5 Å². The van der Waals surface area contributed by atoms with E-state index in [9.17, 15) is 8.78 Å². The third-order valence-electron chi connectivity index (χ3n) is 3.58. The Morgan fingerprint density at radius 1 is 1.19 bits per heavy atom. The predicted octanol–water partition coefficient (Wildman–Crippen LogP) is 3.93. The van der Waals surface area contributed by atoms with E-state index in [-0.39, 0.29) is 24.3 Å². The maximum atomic E-state index is 13.4. The molecule has 16 heavy (non-hydrogen) atoms. The Kier molecular flexibility index (Phi) is 3.99. The Hall–Kier alpha value is -0.180. The Balaban J connectivity index is 2.86. The number of alkyl halides is 2. The van der Waals surface area contributed by atoms with Crippen molar-refractivity contribution < 1.29 is 8.78 Å². The van der Waals surface area contributed by atoms with Gasteiger partial charge in [-0.25, -0.2) is 8.78 Å². The SMILES string of the molecule is CC(C)N1CCC(F)(F)CCC1C(C)(C)C. The molecule has 0 aliphatic carbocycles. The largest absolute Gasteiger partial charge is 0.297 e. The summed E-state index contributed by atoms with van der Waals surface area (Å²) in [4.78, 5) is 2.25. The third-order valence-corrected chi connectivity index (χ3v) is 3.58. The molecule has 0 bridgehead atoms. The molecule has 0 saturated carbocycles. The van der Waals surface area contributed by atoms with E-state index in [1.54, 1.807) is 0 Å². The first kappa shape index (κ1) is 13.9. The van der Waals surface area contributed by atoms with Gasteiger partial charge in [-0.1, -0.05) is 20.8 Å². The zero-order valence-electron chi connectivity index (χ0n) is 11.2. The van der Waals surface area contributed by atoms with Crippen molar-refractivity contribution in [2.24, 2.45) is 5.41 Å². The number of hydrogen-bond acceptors (Lipinski definition) is 1. The van der Waals surface area contributed by atoms with E-state index in [0.29, 0.717) is 19.0 Å². The van der Waals surface area contributed by atoms with Crippen molar-refractivity contribution in [2.75, 3.05) is 6.54 Å². The maximum absolute atomic E-state index is 13.4. The van der Waals surface area contributed by atoms with Gasteiger partial charge in [0.05, 0.1) is 0 Å². The third kappa shape index (κ3) is 3.41. The Morgan fingerprint density at radius 2 is 1.75 bits per heavy atom. The molecule has 0 aromatic rings. The van der Waals surface area contributed by atoms with Crippen molar-refractivity contribution in [1.29, 1.82) is 0 Å². The number of nitrogens with zero attached hydrogens (tertiary/aromatic N) is 1. The molecular weight excluding hydrogens is 208 g/mol. The van der Waals surface area contributed by atoms with Crippen LogP contribution in [0.4, 0.5) is 8.78 Å². The van der Waals surface area contributed by atoms with Gasteiger partial charge in [0.25, 0.3) is 0 Å². The molecule has 1 unspecified atom stereocenters. The van der Waals surface area contributed by atoms with Crippen molar-refractivity contribution in [2.45, 2.75) is 71.9 Å². The molecule has 1 fully saturated rings. The highest BCUT2D eigenvalue weighted by molar-refractivity contribution is 4.90. The zero-order valence-corrected chi connectivity index (χ0v) is 11.2. The van der Waals surface area contributed by atoms with Crippen LogP contribution in [0.3, 0.4) is 0 Å². The fourth-order valence-electron chi connectivity index (χ4n) is 2.64. The minimum Gasteiger partial charge on any atom is -0.297 e. The molecular formula is C13H25F2N. The second-order valence-corrected chi connectivity index (χ2v) is 6.36. The molecule has 1 aliphatic heterocycles. The topological polar surface area (TPSA) is 3.24 Å². The average molecular weight is 233 g/mol. The molecule has 1 saturated heterocycles. The molecule has 1 nitrogen and oxygen atoms in total. The summed E-state index contributed by atoms with van der Waals surface area (Å²) >= 11 is 0. The lowest BCUT2D eigenvalue weighted by atomic mass is 9.82. The summed E-state index contributed by atoms with van der Waals surface area (Å²) in [5.41, 5.74) is 0.0741. The monoisotopic (exact) mass is 233 g/mol. The summed E-state index contributed by atoms with van der Waals surface area (Å²) in [5, 5.41) is 0.